The number of carbonyl (C=O) groups excluding carboxylic acids is 2. The zero-order valence-corrected chi connectivity index (χ0v) is 15.7. The Labute approximate surface area is 161 Å². The summed E-state index contributed by atoms with van der Waals surface area (Å²) in [5.41, 5.74) is 0.941. The molecule has 6 nitrogen and oxygen atoms in total. The Bertz CT molecular complexity index is 792. The number of nitrogens with zero attached hydrogens (tertiary/aromatic N) is 1. The number of amides is 2. The molecule has 1 saturated heterocycles. The summed E-state index contributed by atoms with van der Waals surface area (Å²) in [5, 5.41) is 13.8. The van der Waals surface area contributed by atoms with E-state index in [1.807, 2.05) is 35.7 Å². The molecule has 0 bridgehead atoms. The van der Waals surface area contributed by atoms with Crippen molar-refractivity contribution >= 4 is 29.1 Å². The number of hydrogen-bond acceptors (Lipinski definition) is 4. The summed E-state index contributed by atoms with van der Waals surface area (Å²) < 4.78 is 0. The first-order valence-electron chi connectivity index (χ1n) is 8.95. The summed E-state index contributed by atoms with van der Waals surface area (Å²) >= 11 is 1.32. The summed E-state index contributed by atoms with van der Waals surface area (Å²) in [7, 11) is 0. The molecule has 142 valence electrons. The van der Waals surface area contributed by atoms with Crippen molar-refractivity contribution < 1.29 is 19.5 Å². The lowest BCUT2D eigenvalue weighted by Crippen LogP contribution is -2.51. The average molecular weight is 386 g/mol. The van der Waals surface area contributed by atoms with Gasteiger partial charge in [-0.25, -0.2) is 0 Å². The van der Waals surface area contributed by atoms with Crippen LogP contribution in [0.3, 0.4) is 0 Å². The van der Waals surface area contributed by atoms with Crippen LogP contribution < -0.4 is 5.32 Å². The van der Waals surface area contributed by atoms with Crippen LogP contribution in [-0.4, -0.2) is 46.4 Å². The van der Waals surface area contributed by atoms with Crippen molar-refractivity contribution in [3.63, 3.8) is 0 Å². The largest absolute Gasteiger partial charge is 0.481 e. The Morgan fingerprint density at radius 3 is 2.63 bits per heavy atom. The highest BCUT2D eigenvalue weighted by molar-refractivity contribution is 7.12. The van der Waals surface area contributed by atoms with E-state index in [-0.39, 0.29) is 24.3 Å². The molecule has 3 rings (SSSR count). The van der Waals surface area contributed by atoms with Crippen LogP contribution in [0.15, 0.2) is 47.8 Å². The Kier molecular flexibility index (Phi) is 6.24. The molecule has 1 aromatic carbocycles. The molecule has 1 aliphatic heterocycles. The molecular formula is C20H22N2O4S. The summed E-state index contributed by atoms with van der Waals surface area (Å²) in [6.07, 6.45) is 1.76. The normalized spacial score (nSPS) is 17.5. The molecule has 2 amide bonds. The minimum Gasteiger partial charge on any atom is -0.481 e. The molecular weight excluding hydrogens is 364 g/mol. The van der Waals surface area contributed by atoms with Crippen molar-refractivity contribution in [2.24, 2.45) is 0 Å². The first kappa shape index (κ1) is 19.1. The van der Waals surface area contributed by atoms with Gasteiger partial charge in [0.2, 0.25) is 5.91 Å². The highest BCUT2D eigenvalue weighted by Crippen LogP contribution is 2.22. The molecule has 2 atom stereocenters. The van der Waals surface area contributed by atoms with E-state index >= 15 is 0 Å². The van der Waals surface area contributed by atoms with Crippen LogP contribution in [-0.2, 0) is 16.0 Å². The quantitative estimate of drug-likeness (QED) is 0.766. The van der Waals surface area contributed by atoms with Crippen molar-refractivity contribution in [1.29, 1.82) is 0 Å². The van der Waals surface area contributed by atoms with E-state index in [2.05, 4.69) is 5.32 Å². The Morgan fingerprint density at radius 1 is 1.19 bits per heavy atom. The number of carbonyl (C=O) groups is 3. The van der Waals surface area contributed by atoms with Gasteiger partial charge in [0.15, 0.2) is 0 Å². The van der Waals surface area contributed by atoms with Gasteiger partial charge in [0, 0.05) is 19.0 Å². The average Bonchev–Trinajstić information content (AvgIpc) is 3.33. The molecule has 1 aliphatic rings. The molecule has 0 radical (unpaired) electrons. The van der Waals surface area contributed by atoms with Crippen LogP contribution >= 0.6 is 11.3 Å². The lowest BCUT2D eigenvalue weighted by molar-refractivity contribution is -0.140. The molecule has 2 unspecified atom stereocenters. The second-order valence-corrected chi connectivity index (χ2v) is 7.57. The van der Waals surface area contributed by atoms with Gasteiger partial charge in [-0.15, -0.1) is 11.3 Å². The van der Waals surface area contributed by atoms with E-state index in [1.54, 1.807) is 17.0 Å². The van der Waals surface area contributed by atoms with Crippen molar-refractivity contribution in [3.8, 4) is 0 Å². The smallest absolute Gasteiger partial charge is 0.305 e. The minimum absolute atomic E-state index is 0.0668. The van der Waals surface area contributed by atoms with Gasteiger partial charge < -0.3 is 15.3 Å². The lowest BCUT2D eigenvalue weighted by atomic mass is 10.0. The van der Waals surface area contributed by atoms with E-state index in [1.165, 1.54) is 11.3 Å². The third kappa shape index (κ3) is 4.95. The fourth-order valence-electron chi connectivity index (χ4n) is 3.43. The predicted octanol–water partition coefficient (Wildman–Crippen LogP) is 2.55. The summed E-state index contributed by atoms with van der Waals surface area (Å²) in [6, 6.07) is 12.0. The highest BCUT2D eigenvalue weighted by atomic mass is 32.1. The van der Waals surface area contributed by atoms with Gasteiger partial charge in [-0.3, -0.25) is 14.4 Å². The van der Waals surface area contributed by atoms with Crippen molar-refractivity contribution in [3.05, 3.63) is 58.3 Å². The maximum Gasteiger partial charge on any atom is 0.305 e. The maximum absolute atomic E-state index is 13.2. The Hall–Kier alpha value is -2.67. The van der Waals surface area contributed by atoms with E-state index in [9.17, 15) is 14.4 Å². The third-order valence-corrected chi connectivity index (χ3v) is 5.57. The molecule has 0 saturated carbocycles. The van der Waals surface area contributed by atoms with E-state index in [4.69, 9.17) is 5.11 Å². The molecule has 27 heavy (non-hydrogen) atoms. The fraction of sp³-hybridized carbons (Fsp3) is 0.350. The molecule has 1 aromatic heterocycles. The molecule has 2 N–H and O–H groups in total. The van der Waals surface area contributed by atoms with Crippen molar-refractivity contribution in [2.45, 2.75) is 37.8 Å². The van der Waals surface area contributed by atoms with Gasteiger partial charge in [-0.05, 0) is 29.9 Å². The number of carboxylic acid groups (broad SMARTS) is 1. The number of hydrogen-bond donors (Lipinski definition) is 2. The van der Waals surface area contributed by atoms with E-state index in [0.29, 0.717) is 24.3 Å². The predicted molar refractivity (Wildman–Crippen MR) is 103 cm³/mol. The molecule has 0 spiro atoms. The molecule has 2 aromatic rings. The summed E-state index contributed by atoms with van der Waals surface area (Å²) in [4.78, 5) is 39.0. The minimum atomic E-state index is -0.915. The van der Waals surface area contributed by atoms with Gasteiger partial charge in [0.1, 0.15) is 6.04 Å². The third-order valence-electron chi connectivity index (χ3n) is 4.70. The molecule has 1 fully saturated rings. The van der Waals surface area contributed by atoms with Crippen LogP contribution in [0.5, 0.6) is 0 Å². The Morgan fingerprint density at radius 2 is 1.96 bits per heavy atom. The number of likely N-dealkylation sites (tertiary alicyclic amines) is 1. The maximum atomic E-state index is 13.2. The SMILES string of the molecule is O=C(O)CC1CCCN1C(=O)C(Cc1ccccc1)NC(=O)c1cccs1. The zero-order chi connectivity index (χ0) is 19.2. The number of thiophene rings is 1. The summed E-state index contributed by atoms with van der Waals surface area (Å²) in [5.74, 6) is -1.41. The van der Waals surface area contributed by atoms with E-state index in [0.717, 1.165) is 12.0 Å². The van der Waals surface area contributed by atoms with Crippen molar-refractivity contribution in [2.75, 3.05) is 6.54 Å². The van der Waals surface area contributed by atoms with Gasteiger partial charge in [-0.1, -0.05) is 36.4 Å². The topological polar surface area (TPSA) is 86.7 Å². The zero-order valence-electron chi connectivity index (χ0n) is 14.8. The number of nitrogens with one attached hydrogen (secondary N) is 1. The number of rotatable bonds is 7. The van der Waals surface area contributed by atoms with Crippen LogP contribution in [0.1, 0.15) is 34.5 Å². The second-order valence-electron chi connectivity index (χ2n) is 6.62. The summed E-state index contributed by atoms with van der Waals surface area (Å²) in [6.45, 7) is 0.525. The lowest BCUT2D eigenvalue weighted by Gasteiger charge is -2.28. The molecule has 2 heterocycles. The van der Waals surface area contributed by atoms with Crippen LogP contribution in [0.4, 0.5) is 0 Å². The van der Waals surface area contributed by atoms with Crippen molar-refractivity contribution in [1.82, 2.24) is 10.2 Å². The first-order valence-corrected chi connectivity index (χ1v) is 9.83. The van der Waals surface area contributed by atoms with Gasteiger partial charge >= 0.3 is 5.97 Å². The van der Waals surface area contributed by atoms with Gasteiger partial charge in [0.25, 0.3) is 5.91 Å². The molecule has 7 heteroatoms. The first-order chi connectivity index (χ1) is 13.0. The second kappa shape index (κ2) is 8.81. The highest BCUT2D eigenvalue weighted by Gasteiger charge is 2.35. The monoisotopic (exact) mass is 386 g/mol. The van der Waals surface area contributed by atoms with Crippen LogP contribution in [0, 0.1) is 0 Å². The number of benzene rings is 1. The number of aliphatic carboxylic acids is 1. The fourth-order valence-corrected chi connectivity index (χ4v) is 4.05. The van der Waals surface area contributed by atoms with Crippen LogP contribution in [0.25, 0.3) is 0 Å². The number of carboxylic acids is 1. The van der Waals surface area contributed by atoms with Gasteiger partial charge in [-0.2, -0.15) is 0 Å². The van der Waals surface area contributed by atoms with E-state index < -0.39 is 12.0 Å². The molecule has 0 aliphatic carbocycles. The van der Waals surface area contributed by atoms with Gasteiger partial charge in [0.05, 0.1) is 11.3 Å². The Balaban J connectivity index is 1.78. The standard InChI is InChI=1S/C20H22N2O4S/c23-18(24)13-15-8-4-10-22(15)20(26)16(12-14-6-2-1-3-7-14)21-19(25)17-9-5-11-27-17/h1-3,5-7,9,11,15-16H,4,8,10,12-13H2,(H,21,25)(H,23,24). The van der Waals surface area contributed by atoms with Crippen LogP contribution in [0.2, 0.25) is 0 Å².